The molecule has 0 heterocycles. The van der Waals surface area contributed by atoms with Gasteiger partial charge in [-0.3, -0.25) is 0 Å². The van der Waals surface area contributed by atoms with Crippen LogP contribution in [0.15, 0.2) is 21.1 Å². The van der Waals surface area contributed by atoms with Gasteiger partial charge < -0.3 is 5.32 Å². The first-order chi connectivity index (χ1) is 8.11. The molecule has 0 saturated heterocycles. The van der Waals surface area contributed by atoms with E-state index in [-0.39, 0.29) is 0 Å². The summed E-state index contributed by atoms with van der Waals surface area (Å²) in [5.74, 6) is 0.796. The van der Waals surface area contributed by atoms with Crippen LogP contribution in [0.3, 0.4) is 0 Å². The molecule has 4 heteroatoms. The van der Waals surface area contributed by atoms with Gasteiger partial charge in [0.1, 0.15) is 0 Å². The summed E-state index contributed by atoms with van der Waals surface area (Å²) >= 11 is 13.1. The van der Waals surface area contributed by atoms with E-state index in [2.05, 4.69) is 44.1 Å². The molecule has 17 heavy (non-hydrogen) atoms. The zero-order valence-corrected chi connectivity index (χ0v) is 13.7. The fraction of sp³-hybridized carbons (Fsp3) is 0.538. The monoisotopic (exact) mass is 379 g/mol. The van der Waals surface area contributed by atoms with Gasteiger partial charge in [-0.1, -0.05) is 31.4 Å². The molecular formula is C13H16Br2ClN. The van der Waals surface area contributed by atoms with Crippen LogP contribution in [0.25, 0.3) is 0 Å². The summed E-state index contributed by atoms with van der Waals surface area (Å²) < 4.78 is 2.05. The minimum absolute atomic E-state index is 0.591. The molecule has 1 N–H and O–H groups in total. The molecule has 1 nitrogen and oxygen atoms in total. The third-order valence-corrected chi connectivity index (χ3v) is 4.99. The fourth-order valence-electron chi connectivity index (χ4n) is 2.58. The molecule has 1 saturated carbocycles. The van der Waals surface area contributed by atoms with E-state index in [1.54, 1.807) is 0 Å². The lowest BCUT2D eigenvalue weighted by Gasteiger charge is -2.22. The van der Waals surface area contributed by atoms with Crippen LogP contribution in [0.2, 0.25) is 5.02 Å². The third kappa shape index (κ3) is 3.18. The van der Waals surface area contributed by atoms with Crippen molar-refractivity contribution in [1.29, 1.82) is 0 Å². The Morgan fingerprint density at radius 3 is 2.53 bits per heavy atom. The zero-order chi connectivity index (χ0) is 12.4. The lowest BCUT2D eigenvalue weighted by Crippen LogP contribution is -2.23. The highest BCUT2D eigenvalue weighted by Gasteiger charge is 2.26. The van der Waals surface area contributed by atoms with E-state index in [9.17, 15) is 0 Å². The second-order valence-electron chi connectivity index (χ2n) is 4.59. The number of benzene rings is 1. The van der Waals surface area contributed by atoms with E-state index in [0.717, 1.165) is 25.6 Å². The van der Waals surface area contributed by atoms with Gasteiger partial charge in [0.2, 0.25) is 0 Å². The molecule has 1 aromatic rings. The molecule has 94 valence electrons. The smallest absolute Gasteiger partial charge is 0.0632 e. The maximum absolute atomic E-state index is 6.01. The van der Waals surface area contributed by atoms with Crippen LogP contribution in [0.5, 0.6) is 0 Å². The van der Waals surface area contributed by atoms with Crippen LogP contribution in [0.1, 0.15) is 32.6 Å². The summed E-state index contributed by atoms with van der Waals surface area (Å²) in [6.45, 7) is 2.27. The standard InChI is InChI=1S/C13H16Br2ClN/c1-2-8-4-3-5-12(8)17-13-10(14)6-9(16)7-11(13)15/h6-8,12,17H,2-5H2,1H3. The maximum Gasteiger partial charge on any atom is 0.0632 e. The first-order valence-electron chi connectivity index (χ1n) is 6.03. The lowest BCUT2D eigenvalue weighted by molar-refractivity contribution is 0.489. The number of nitrogens with one attached hydrogen (secondary N) is 1. The minimum Gasteiger partial charge on any atom is -0.380 e. The number of hydrogen-bond donors (Lipinski definition) is 1. The zero-order valence-electron chi connectivity index (χ0n) is 9.77. The predicted molar refractivity (Wildman–Crippen MR) is 81.9 cm³/mol. The summed E-state index contributed by atoms with van der Waals surface area (Å²) in [6, 6.07) is 4.46. The van der Waals surface area contributed by atoms with Gasteiger partial charge in [0.15, 0.2) is 0 Å². The Bertz CT molecular complexity index is 385. The van der Waals surface area contributed by atoms with E-state index in [1.165, 1.54) is 25.7 Å². The predicted octanol–water partition coefficient (Wildman–Crippen LogP) is 5.86. The van der Waals surface area contributed by atoms with Gasteiger partial charge in [-0.2, -0.15) is 0 Å². The fourth-order valence-corrected chi connectivity index (χ4v) is 4.48. The van der Waals surface area contributed by atoms with Crippen molar-refractivity contribution < 1.29 is 0 Å². The quantitative estimate of drug-likeness (QED) is 0.692. The van der Waals surface area contributed by atoms with Crippen molar-refractivity contribution in [2.75, 3.05) is 5.32 Å². The summed E-state index contributed by atoms with van der Waals surface area (Å²) in [7, 11) is 0. The average molecular weight is 382 g/mol. The number of hydrogen-bond acceptors (Lipinski definition) is 1. The first-order valence-corrected chi connectivity index (χ1v) is 7.99. The van der Waals surface area contributed by atoms with Crippen molar-refractivity contribution in [1.82, 2.24) is 0 Å². The highest BCUT2D eigenvalue weighted by Crippen LogP contribution is 2.38. The highest BCUT2D eigenvalue weighted by atomic mass is 79.9. The second-order valence-corrected chi connectivity index (χ2v) is 6.74. The van der Waals surface area contributed by atoms with Gasteiger partial charge >= 0.3 is 0 Å². The molecule has 0 radical (unpaired) electrons. The Hall–Kier alpha value is 0.270. The molecule has 0 bridgehead atoms. The second kappa shape index (κ2) is 5.94. The number of rotatable bonds is 3. The van der Waals surface area contributed by atoms with Crippen molar-refractivity contribution in [2.24, 2.45) is 5.92 Å². The molecule has 1 fully saturated rings. The van der Waals surface area contributed by atoms with Gasteiger partial charge in [-0.05, 0) is 62.8 Å². The molecule has 0 aromatic heterocycles. The summed E-state index contributed by atoms with van der Waals surface area (Å²) in [5, 5.41) is 4.40. The molecule has 2 unspecified atom stereocenters. The van der Waals surface area contributed by atoms with Gasteiger partial charge in [-0.15, -0.1) is 0 Å². The van der Waals surface area contributed by atoms with Crippen molar-refractivity contribution >= 4 is 49.1 Å². The Morgan fingerprint density at radius 1 is 1.29 bits per heavy atom. The van der Waals surface area contributed by atoms with Crippen molar-refractivity contribution in [3.05, 3.63) is 26.1 Å². The molecule has 1 aliphatic carbocycles. The Labute approximate surface area is 125 Å². The number of halogens is 3. The first kappa shape index (κ1) is 13.7. The maximum atomic E-state index is 6.01. The third-order valence-electron chi connectivity index (χ3n) is 3.52. The van der Waals surface area contributed by atoms with Crippen LogP contribution in [-0.2, 0) is 0 Å². The molecule has 2 atom stereocenters. The molecular weight excluding hydrogens is 365 g/mol. The molecule has 0 aliphatic heterocycles. The number of anilines is 1. The summed E-state index contributed by atoms with van der Waals surface area (Å²) in [5.41, 5.74) is 1.12. The summed E-state index contributed by atoms with van der Waals surface area (Å²) in [6.07, 6.45) is 5.19. The largest absolute Gasteiger partial charge is 0.380 e. The van der Waals surface area contributed by atoms with Crippen molar-refractivity contribution in [3.63, 3.8) is 0 Å². The molecule has 0 amide bonds. The van der Waals surface area contributed by atoms with Crippen LogP contribution < -0.4 is 5.32 Å². The van der Waals surface area contributed by atoms with E-state index >= 15 is 0 Å². The van der Waals surface area contributed by atoms with Crippen LogP contribution >= 0.6 is 43.5 Å². The van der Waals surface area contributed by atoms with Gasteiger partial charge in [0.25, 0.3) is 0 Å². The van der Waals surface area contributed by atoms with Gasteiger partial charge in [0.05, 0.1) is 5.69 Å². The highest BCUT2D eigenvalue weighted by molar-refractivity contribution is 9.11. The Kier molecular flexibility index (Phi) is 4.79. The van der Waals surface area contributed by atoms with E-state index in [4.69, 9.17) is 11.6 Å². The molecule has 0 spiro atoms. The van der Waals surface area contributed by atoms with Crippen LogP contribution in [0.4, 0.5) is 5.69 Å². The minimum atomic E-state index is 0.591. The molecule has 2 rings (SSSR count). The van der Waals surface area contributed by atoms with Crippen LogP contribution in [0, 0.1) is 5.92 Å². The normalized spacial score (nSPS) is 24.0. The van der Waals surface area contributed by atoms with Crippen molar-refractivity contribution in [2.45, 2.75) is 38.6 Å². The molecule has 1 aromatic carbocycles. The summed E-state index contributed by atoms with van der Waals surface area (Å²) in [4.78, 5) is 0. The lowest BCUT2D eigenvalue weighted by atomic mass is 10.0. The van der Waals surface area contributed by atoms with Crippen LogP contribution in [-0.4, -0.2) is 6.04 Å². The average Bonchev–Trinajstić information content (AvgIpc) is 2.70. The van der Waals surface area contributed by atoms with Crippen molar-refractivity contribution in [3.8, 4) is 0 Å². The van der Waals surface area contributed by atoms with E-state index in [0.29, 0.717) is 6.04 Å². The topological polar surface area (TPSA) is 12.0 Å². The Morgan fingerprint density at radius 2 is 1.94 bits per heavy atom. The van der Waals surface area contributed by atoms with Gasteiger partial charge in [0, 0.05) is 20.0 Å². The van der Waals surface area contributed by atoms with E-state index < -0.39 is 0 Å². The van der Waals surface area contributed by atoms with Gasteiger partial charge in [-0.25, -0.2) is 0 Å². The van der Waals surface area contributed by atoms with E-state index in [1.807, 2.05) is 12.1 Å². The SMILES string of the molecule is CCC1CCCC1Nc1c(Br)cc(Cl)cc1Br. The Balaban J connectivity index is 2.18. The molecule has 1 aliphatic rings.